The first-order valence-electron chi connectivity index (χ1n) is 5.57. The Hall–Kier alpha value is -0.180. The van der Waals surface area contributed by atoms with Crippen LogP contribution in [0.15, 0.2) is 16.0 Å². The van der Waals surface area contributed by atoms with E-state index in [1.54, 1.807) is 0 Å². The van der Waals surface area contributed by atoms with Gasteiger partial charge in [-0.05, 0) is 31.3 Å². The molecule has 0 saturated heterocycles. The monoisotopic (exact) mass is 278 g/mol. The molecule has 17 heavy (non-hydrogen) atoms. The standard InChI is InChI=1S/C11H19O4PS/c1-14-16(12,15-2)11(17(3)13)9-10-7-5-4-6-8-10/h4-8H2,1-3H3. The lowest BCUT2D eigenvalue weighted by Gasteiger charge is -2.15. The van der Waals surface area contributed by atoms with Gasteiger partial charge in [-0.15, -0.1) is 0 Å². The molecule has 0 amide bonds. The van der Waals surface area contributed by atoms with Crippen molar-refractivity contribution >= 4 is 18.4 Å². The zero-order valence-electron chi connectivity index (χ0n) is 10.5. The van der Waals surface area contributed by atoms with Gasteiger partial charge in [-0.2, -0.15) is 0 Å². The maximum absolute atomic E-state index is 12.2. The lowest BCUT2D eigenvalue weighted by atomic mass is 9.96. The third kappa shape index (κ3) is 3.90. The zero-order valence-corrected chi connectivity index (χ0v) is 12.2. The minimum absolute atomic E-state index is 0.152. The van der Waals surface area contributed by atoms with Crippen LogP contribution in [0.25, 0.3) is 0 Å². The van der Waals surface area contributed by atoms with Crippen LogP contribution in [0.2, 0.25) is 0 Å². The Morgan fingerprint density at radius 2 is 1.76 bits per heavy atom. The van der Waals surface area contributed by atoms with Crippen LogP contribution in [0.3, 0.4) is 0 Å². The number of rotatable bonds is 4. The van der Waals surface area contributed by atoms with Crippen LogP contribution in [0.5, 0.6) is 0 Å². The molecule has 0 aliphatic heterocycles. The summed E-state index contributed by atoms with van der Waals surface area (Å²) in [7, 11) is -2.24. The molecule has 0 aromatic heterocycles. The van der Waals surface area contributed by atoms with E-state index in [2.05, 4.69) is 5.73 Å². The highest BCUT2D eigenvalue weighted by Gasteiger charge is 2.31. The molecule has 1 aliphatic carbocycles. The van der Waals surface area contributed by atoms with Gasteiger partial charge in [-0.25, -0.2) is 0 Å². The third-order valence-corrected chi connectivity index (χ3v) is 6.40. The summed E-state index contributed by atoms with van der Waals surface area (Å²) in [5.74, 6) is 0. The summed E-state index contributed by atoms with van der Waals surface area (Å²) in [6.45, 7) is 0. The summed E-state index contributed by atoms with van der Waals surface area (Å²) in [5, 5.41) is 0. The fourth-order valence-electron chi connectivity index (χ4n) is 1.79. The minimum atomic E-state index is -3.43. The lowest BCUT2D eigenvalue weighted by molar-refractivity contribution is 0.285. The first-order valence-corrected chi connectivity index (χ1v) is 8.67. The van der Waals surface area contributed by atoms with Gasteiger partial charge in [0.2, 0.25) is 0 Å². The molecule has 98 valence electrons. The summed E-state index contributed by atoms with van der Waals surface area (Å²) < 4.78 is 33.8. The fourth-order valence-corrected chi connectivity index (χ4v) is 4.56. The van der Waals surface area contributed by atoms with Crippen LogP contribution in [0.4, 0.5) is 0 Å². The van der Waals surface area contributed by atoms with Gasteiger partial charge in [0.15, 0.2) is 4.65 Å². The molecule has 1 unspecified atom stereocenters. The molecule has 1 fully saturated rings. The van der Waals surface area contributed by atoms with E-state index in [4.69, 9.17) is 9.05 Å². The molecule has 1 rings (SSSR count). The van der Waals surface area contributed by atoms with Crippen LogP contribution < -0.4 is 0 Å². The molecule has 1 atom stereocenters. The smallest absolute Gasteiger partial charge is 0.308 e. The number of hydrogen-bond acceptors (Lipinski definition) is 4. The van der Waals surface area contributed by atoms with Gasteiger partial charge in [0.1, 0.15) is 0 Å². The Morgan fingerprint density at radius 3 is 2.18 bits per heavy atom. The van der Waals surface area contributed by atoms with Crippen molar-refractivity contribution in [3.63, 3.8) is 0 Å². The second-order valence-corrected chi connectivity index (χ2v) is 7.70. The molecule has 0 radical (unpaired) electrons. The van der Waals surface area contributed by atoms with E-state index in [1.165, 1.54) is 26.9 Å². The molecular weight excluding hydrogens is 259 g/mol. The van der Waals surface area contributed by atoms with Crippen LogP contribution in [0.1, 0.15) is 32.1 Å². The van der Waals surface area contributed by atoms with Crippen molar-refractivity contribution in [3.05, 3.63) is 16.0 Å². The van der Waals surface area contributed by atoms with Gasteiger partial charge < -0.3 is 9.05 Å². The highest BCUT2D eigenvalue weighted by molar-refractivity contribution is 7.97. The highest BCUT2D eigenvalue weighted by Crippen LogP contribution is 2.55. The van der Waals surface area contributed by atoms with E-state index in [0.29, 0.717) is 0 Å². The largest absolute Gasteiger partial charge is 0.377 e. The van der Waals surface area contributed by atoms with Crippen LogP contribution in [0, 0.1) is 0 Å². The Bertz CT molecular complexity index is 394. The first-order chi connectivity index (χ1) is 8.03. The van der Waals surface area contributed by atoms with Gasteiger partial charge in [-0.3, -0.25) is 8.77 Å². The van der Waals surface area contributed by atoms with Crippen molar-refractivity contribution in [3.8, 4) is 0 Å². The van der Waals surface area contributed by atoms with Gasteiger partial charge in [0, 0.05) is 20.5 Å². The Morgan fingerprint density at radius 1 is 1.24 bits per heavy atom. The average Bonchev–Trinajstić information content (AvgIpc) is 2.36. The molecule has 1 saturated carbocycles. The SMILES string of the molecule is COP(=O)(OC)C(=C=C1CCCCC1)S(C)=O. The van der Waals surface area contributed by atoms with Crippen molar-refractivity contribution in [2.24, 2.45) is 0 Å². The number of allylic oxidation sites excluding steroid dienone is 1. The zero-order chi connectivity index (χ0) is 12.9. The van der Waals surface area contributed by atoms with Crippen molar-refractivity contribution < 1.29 is 17.8 Å². The topological polar surface area (TPSA) is 52.6 Å². The quantitative estimate of drug-likeness (QED) is 0.585. The molecule has 1 aliphatic rings. The second-order valence-electron chi connectivity index (χ2n) is 3.91. The molecule has 0 aromatic rings. The fraction of sp³-hybridized carbons (Fsp3) is 0.727. The Labute approximate surface area is 105 Å². The van der Waals surface area contributed by atoms with E-state index in [1.807, 2.05) is 0 Å². The summed E-state index contributed by atoms with van der Waals surface area (Å²) in [6.07, 6.45) is 6.74. The second kappa shape index (κ2) is 6.67. The van der Waals surface area contributed by atoms with Crippen LogP contribution >= 0.6 is 7.60 Å². The molecule has 0 aromatic carbocycles. The summed E-state index contributed by atoms with van der Waals surface area (Å²) in [5.41, 5.74) is 4.08. The highest BCUT2D eigenvalue weighted by atomic mass is 32.2. The molecule has 4 nitrogen and oxygen atoms in total. The normalized spacial score (nSPS) is 18.6. The summed E-state index contributed by atoms with van der Waals surface area (Å²) >= 11 is 0. The predicted octanol–water partition coefficient (Wildman–Crippen LogP) is 3.18. The summed E-state index contributed by atoms with van der Waals surface area (Å²) in [4.78, 5) is 0. The van der Waals surface area contributed by atoms with Crippen LogP contribution in [-0.4, -0.2) is 24.7 Å². The van der Waals surface area contributed by atoms with Crippen molar-refractivity contribution in [2.45, 2.75) is 32.1 Å². The van der Waals surface area contributed by atoms with Gasteiger partial charge in [0.05, 0.1) is 10.8 Å². The van der Waals surface area contributed by atoms with E-state index in [9.17, 15) is 8.77 Å². The Kier molecular flexibility index (Phi) is 5.84. The van der Waals surface area contributed by atoms with E-state index < -0.39 is 18.4 Å². The molecule has 0 N–H and O–H groups in total. The molecule has 0 bridgehead atoms. The van der Waals surface area contributed by atoms with Gasteiger partial charge in [-0.1, -0.05) is 12.2 Å². The molecular formula is C11H19O4PS. The van der Waals surface area contributed by atoms with Crippen molar-refractivity contribution in [1.82, 2.24) is 0 Å². The van der Waals surface area contributed by atoms with Crippen molar-refractivity contribution in [2.75, 3.05) is 20.5 Å². The molecule has 0 heterocycles. The number of hydrogen-bond donors (Lipinski definition) is 0. The third-order valence-electron chi connectivity index (χ3n) is 2.74. The average molecular weight is 278 g/mol. The maximum atomic E-state index is 12.2. The van der Waals surface area contributed by atoms with Gasteiger partial charge >= 0.3 is 7.60 Å². The molecule has 6 heteroatoms. The van der Waals surface area contributed by atoms with Crippen LogP contribution in [-0.2, 0) is 24.4 Å². The van der Waals surface area contributed by atoms with E-state index >= 15 is 0 Å². The lowest BCUT2D eigenvalue weighted by Crippen LogP contribution is -1.99. The van der Waals surface area contributed by atoms with Crippen molar-refractivity contribution in [1.29, 1.82) is 0 Å². The van der Waals surface area contributed by atoms with E-state index in [0.717, 1.165) is 31.3 Å². The van der Waals surface area contributed by atoms with E-state index in [-0.39, 0.29) is 4.65 Å². The minimum Gasteiger partial charge on any atom is -0.308 e. The predicted molar refractivity (Wildman–Crippen MR) is 69.3 cm³/mol. The Balaban J connectivity index is 3.21. The van der Waals surface area contributed by atoms with Gasteiger partial charge in [0.25, 0.3) is 0 Å². The molecule has 0 spiro atoms. The maximum Gasteiger partial charge on any atom is 0.377 e. The summed E-state index contributed by atoms with van der Waals surface area (Å²) in [6, 6.07) is 0. The first kappa shape index (κ1) is 14.9.